The number of aromatic nitrogens is 1. The molecule has 0 spiro atoms. The number of fused-ring (bicyclic) bond motifs is 6. The zero-order valence-electron chi connectivity index (χ0n) is 15.3. The molecule has 1 aromatic heterocycles. The third-order valence-corrected chi connectivity index (χ3v) is 5.69. The summed E-state index contributed by atoms with van der Waals surface area (Å²) in [5, 5.41) is 10.1. The minimum Gasteiger partial charge on any atom is -0.256 e. The highest BCUT2D eigenvalue weighted by molar-refractivity contribution is 6.19. The molecule has 0 radical (unpaired) electrons. The smallest absolute Gasteiger partial charge is 0.0780 e. The highest BCUT2D eigenvalue weighted by atomic mass is 14.7. The molecular weight excluding hydrogens is 338 g/mol. The molecule has 0 saturated heterocycles. The van der Waals surface area contributed by atoms with Gasteiger partial charge in [-0.25, -0.2) is 0 Å². The van der Waals surface area contributed by atoms with Crippen LogP contribution in [-0.2, 0) is 0 Å². The fourth-order valence-corrected chi connectivity index (χ4v) is 4.32. The van der Waals surface area contributed by atoms with E-state index in [-0.39, 0.29) is 0 Å². The van der Waals surface area contributed by atoms with Crippen LogP contribution in [-0.4, -0.2) is 4.98 Å². The fourth-order valence-electron chi connectivity index (χ4n) is 4.32. The molecule has 0 aliphatic heterocycles. The molecule has 0 saturated carbocycles. The van der Waals surface area contributed by atoms with E-state index in [1.54, 1.807) is 0 Å². The van der Waals surface area contributed by atoms with E-state index >= 15 is 0 Å². The Morgan fingerprint density at radius 3 is 2.00 bits per heavy atom. The second kappa shape index (κ2) is 5.90. The summed E-state index contributed by atoms with van der Waals surface area (Å²) in [5.74, 6) is 0. The lowest BCUT2D eigenvalue weighted by molar-refractivity contribution is 1.36. The molecule has 0 N–H and O–H groups in total. The predicted molar refractivity (Wildman–Crippen MR) is 120 cm³/mol. The van der Waals surface area contributed by atoms with Crippen LogP contribution in [0.15, 0.2) is 103 Å². The van der Waals surface area contributed by atoms with E-state index in [0.29, 0.717) is 0 Å². The van der Waals surface area contributed by atoms with Crippen LogP contribution in [0.3, 0.4) is 0 Å². The van der Waals surface area contributed by atoms with Gasteiger partial charge in [-0.2, -0.15) is 0 Å². The van der Waals surface area contributed by atoms with Gasteiger partial charge in [-0.1, -0.05) is 84.9 Å². The maximum atomic E-state index is 4.75. The molecule has 0 unspecified atom stereocenters. The third kappa shape index (κ3) is 2.23. The van der Waals surface area contributed by atoms with Crippen molar-refractivity contribution in [2.75, 3.05) is 0 Å². The van der Waals surface area contributed by atoms with E-state index in [0.717, 1.165) is 11.3 Å². The summed E-state index contributed by atoms with van der Waals surface area (Å²) < 4.78 is 0. The Balaban J connectivity index is 1.67. The van der Waals surface area contributed by atoms with Crippen LogP contribution in [0.5, 0.6) is 0 Å². The van der Waals surface area contributed by atoms with Gasteiger partial charge in [-0.15, -0.1) is 0 Å². The Morgan fingerprint density at radius 1 is 0.429 bits per heavy atom. The number of hydrogen-bond acceptors (Lipinski definition) is 1. The first-order valence-electron chi connectivity index (χ1n) is 9.57. The van der Waals surface area contributed by atoms with Gasteiger partial charge in [0.05, 0.1) is 5.69 Å². The summed E-state index contributed by atoms with van der Waals surface area (Å²) in [6, 6.07) is 34.7. The second-order valence-corrected chi connectivity index (χ2v) is 7.26. The summed E-state index contributed by atoms with van der Waals surface area (Å²) >= 11 is 0. The van der Waals surface area contributed by atoms with Crippen molar-refractivity contribution in [1.29, 1.82) is 0 Å². The molecule has 28 heavy (non-hydrogen) atoms. The topological polar surface area (TPSA) is 12.9 Å². The average molecular weight is 355 g/mol. The van der Waals surface area contributed by atoms with Crippen molar-refractivity contribution in [3.8, 4) is 11.3 Å². The van der Waals surface area contributed by atoms with E-state index in [9.17, 15) is 0 Å². The highest BCUT2D eigenvalue weighted by Crippen LogP contribution is 2.35. The van der Waals surface area contributed by atoms with Gasteiger partial charge >= 0.3 is 0 Å². The molecule has 6 rings (SSSR count). The molecule has 1 heteroatoms. The lowest BCUT2D eigenvalue weighted by Crippen LogP contribution is -1.88. The summed E-state index contributed by atoms with van der Waals surface area (Å²) in [5.41, 5.74) is 2.20. The monoisotopic (exact) mass is 355 g/mol. The number of hydrogen-bond donors (Lipinski definition) is 0. The van der Waals surface area contributed by atoms with Crippen LogP contribution in [0.2, 0.25) is 0 Å². The molecule has 0 atom stereocenters. The Bertz CT molecular complexity index is 1510. The number of benzene rings is 5. The van der Waals surface area contributed by atoms with Crippen LogP contribution in [0, 0.1) is 0 Å². The van der Waals surface area contributed by atoms with E-state index < -0.39 is 0 Å². The van der Waals surface area contributed by atoms with Gasteiger partial charge in [0.15, 0.2) is 0 Å². The van der Waals surface area contributed by atoms with Gasteiger partial charge in [0.2, 0.25) is 0 Å². The standard InChI is InChI=1S/C27H17N/c1-2-7-20-17-21(10-9-18(20)5-1)27-26-14-13-23-22-8-4-3-6-19(22)11-12-24(23)25(26)15-16-28-27/h1-17H. The zero-order valence-corrected chi connectivity index (χ0v) is 15.3. The van der Waals surface area contributed by atoms with Crippen molar-refractivity contribution in [1.82, 2.24) is 4.98 Å². The molecule has 0 bridgehead atoms. The van der Waals surface area contributed by atoms with Crippen molar-refractivity contribution in [3.63, 3.8) is 0 Å². The molecule has 0 aliphatic carbocycles. The average Bonchev–Trinajstić information content (AvgIpc) is 2.78. The van der Waals surface area contributed by atoms with Crippen molar-refractivity contribution < 1.29 is 0 Å². The Morgan fingerprint density at radius 2 is 1.07 bits per heavy atom. The maximum absolute atomic E-state index is 4.75. The molecule has 6 aromatic rings. The number of nitrogens with zero attached hydrogens (tertiary/aromatic N) is 1. The predicted octanol–water partition coefficient (Wildman–Crippen LogP) is 7.36. The lowest BCUT2D eigenvalue weighted by Gasteiger charge is -2.11. The van der Waals surface area contributed by atoms with E-state index in [2.05, 4.69) is 97.1 Å². The van der Waals surface area contributed by atoms with Gasteiger partial charge in [0.25, 0.3) is 0 Å². The minimum absolute atomic E-state index is 1.04. The first kappa shape index (κ1) is 15.4. The Labute approximate surface area is 162 Å². The SMILES string of the molecule is c1ccc2cc(-c3nccc4c3ccc3c5ccccc5ccc43)ccc2c1. The zero-order chi connectivity index (χ0) is 18.5. The molecule has 1 heterocycles. The van der Waals surface area contributed by atoms with Crippen LogP contribution < -0.4 is 0 Å². The Hall–Kier alpha value is -3.71. The molecule has 0 amide bonds. The van der Waals surface area contributed by atoms with E-state index in [1.165, 1.54) is 43.1 Å². The van der Waals surface area contributed by atoms with Crippen molar-refractivity contribution in [3.05, 3.63) is 103 Å². The van der Waals surface area contributed by atoms with Gasteiger partial charge in [0, 0.05) is 17.1 Å². The molecular formula is C27H17N. The fraction of sp³-hybridized carbons (Fsp3) is 0. The van der Waals surface area contributed by atoms with Crippen molar-refractivity contribution in [2.45, 2.75) is 0 Å². The molecule has 5 aromatic carbocycles. The summed E-state index contributed by atoms with van der Waals surface area (Å²) in [4.78, 5) is 4.75. The molecule has 0 fully saturated rings. The van der Waals surface area contributed by atoms with Gasteiger partial charge in [-0.05, 0) is 49.8 Å². The first-order valence-corrected chi connectivity index (χ1v) is 9.57. The summed E-state index contributed by atoms with van der Waals surface area (Å²) in [6.07, 6.45) is 1.93. The van der Waals surface area contributed by atoms with Gasteiger partial charge in [-0.3, -0.25) is 4.98 Å². The van der Waals surface area contributed by atoms with E-state index in [1.807, 2.05) is 6.20 Å². The lowest BCUT2D eigenvalue weighted by atomic mass is 9.95. The van der Waals surface area contributed by atoms with Crippen molar-refractivity contribution in [2.24, 2.45) is 0 Å². The van der Waals surface area contributed by atoms with Gasteiger partial charge < -0.3 is 0 Å². The van der Waals surface area contributed by atoms with E-state index in [4.69, 9.17) is 4.98 Å². The third-order valence-electron chi connectivity index (χ3n) is 5.69. The molecule has 0 aliphatic rings. The van der Waals surface area contributed by atoms with Crippen molar-refractivity contribution >= 4 is 43.1 Å². The largest absolute Gasteiger partial charge is 0.256 e. The second-order valence-electron chi connectivity index (χ2n) is 7.26. The summed E-state index contributed by atoms with van der Waals surface area (Å²) in [6.45, 7) is 0. The molecule has 130 valence electrons. The summed E-state index contributed by atoms with van der Waals surface area (Å²) in [7, 11) is 0. The van der Waals surface area contributed by atoms with Crippen LogP contribution >= 0.6 is 0 Å². The van der Waals surface area contributed by atoms with Gasteiger partial charge in [0.1, 0.15) is 0 Å². The Kier molecular flexibility index (Phi) is 3.24. The highest BCUT2D eigenvalue weighted by Gasteiger charge is 2.10. The quantitative estimate of drug-likeness (QED) is 0.281. The first-order chi connectivity index (χ1) is 13.9. The number of pyridine rings is 1. The minimum atomic E-state index is 1.04. The maximum Gasteiger partial charge on any atom is 0.0780 e. The molecule has 1 nitrogen and oxygen atoms in total. The number of rotatable bonds is 1. The van der Waals surface area contributed by atoms with Crippen LogP contribution in [0.4, 0.5) is 0 Å². The normalized spacial score (nSPS) is 11.6. The van der Waals surface area contributed by atoms with Crippen LogP contribution in [0.1, 0.15) is 0 Å². The van der Waals surface area contributed by atoms with Crippen LogP contribution in [0.25, 0.3) is 54.3 Å².